The van der Waals surface area contributed by atoms with Gasteiger partial charge in [-0.1, -0.05) is 60.8 Å². The molecule has 0 aliphatic heterocycles. The topological polar surface area (TPSA) is 20.2 Å². The zero-order valence-corrected chi connectivity index (χ0v) is 21.0. The fourth-order valence-electron chi connectivity index (χ4n) is 7.15. The number of hydrogen-bond donors (Lipinski definition) is 1. The molecule has 3 rings (SSSR count). The minimum atomic E-state index is -0.286. The van der Waals surface area contributed by atoms with Crippen LogP contribution in [0.3, 0.4) is 0 Å². The molecule has 0 aromatic rings. The molecule has 0 bridgehead atoms. The molecule has 3 aliphatic rings. The Hall–Kier alpha value is -0.780. The second kappa shape index (κ2) is 9.38. The van der Waals surface area contributed by atoms with Crippen LogP contribution < -0.4 is 0 Å². The van der Waals surface area contributed by atoms with E-state index >= 15 is 0 Å². The molecule has 170 valence electrons. The first kappa shape index (κ1) is 23.9. The highest BCUT2D eigenvalue weighted by atomic mass is 16.3. The van der Waals surface area contributed by atoms with Crippen LogP contribution >= 0.6 is 0 Å². The second-order valence-electron chi connectivity index (χ2n) is 12.5. The van der Waals surface area contributed by atoms with Crippen LogP contribution in [-0.4, -0.2) is 11.2 Å². The van der Waals surface area contributed by atoms with E-state index in [4.69, 9.17) is 0 Å². The van der Waals surface area contributed by atoms with Gasteiger partial charge in [0.1, 0.15) is 0 Å². The lowest BCUT2D eigenvalue weighted by molar-refractivity contribution is 0.0930. The van der Waals surface area contributed by atoms with Gasteiger partial charge in [-0.2, -0.15) is 0 Å². The van der Waals surface area contributed by atoms with E-state index in [1.54, 1.807) is 5.57 Å². The van der Waals surface area contributed by atoms with Crippen molar-refractivity contribution in [2.75, 3.05) is 0 Å². The number of fused-ring (bicyclic) bond motifs is 1. The van der Waals surface area contributed by atoms with Gasteiger partial charge in [-0.25, -0.2) is 0 Å². The maximum absolute atomic E-state index is 10.5. The molecule has 0 heterocycles. The van der Waals surface area contributed by atoms with E-state index < -0.39 is 0 Å². The van der Waals surface area contributed by atoms with Crippen molar-refractivity contribution in [3.63, 3.8) is 0 Å². The highest BCUT2D eigenvalue weighted by Crippen LogP contribution is 2.59. The Balaban J connectivity index is 1.78. The van der Waals surface area contributed by atoms with Crippen molar-refractivity contribution < 1.29 is 5.11 Å². The molecule has 3 aliphatic carbocycles. The lowest BCUT2D eigenvalue weighted by atomic mass is 9.61. The lowest BCUT2D eigenvalue weighted by Crippen LogP contribution is -2.35. The van der Waals surface area contributed by atoms with Crippen LogP contribution in [0.15, 0.2) is 28.5 Å². The van der Waals surface area contributed by atoms with Crippen molar-refractivity contribution in [3.8, 4) is 0 Å². The largest absolute Gasteiger partial charge is 0.389 e. The average molecular weight is 413 g/mol. The average Bonchev–Trinajstić information content (AvgIpc) is 3.00. The maximum Gasteiger partial charge on any atom is 0.0758 e. The molecule has 5 atom stereocenters. The zero-order chi connectivity index (χ0) is 22.1. The molecule has 1 heteroatoms. The summed E-state index contributed by atoms with van der Waals surface area (Å²) in [5.74, 6) is 3.28. The fraction of sp³-hybridized carbons (Fsp3) is 0.828. The van der Waals surface area contributed by atoms with E-state index in [0.29, 0.717) is 5.41 Å². The third-order valence-corrected chi connectivity index (χ3v) is 8.97. The van der Waals surface area contributed by atoms with Gasteiger partial charge >= 0.3 is 0 Å². The van der Waals surface area contributed by atoms with Crippen molar-refractivity contribution in [2.24, 2.45) is 34.5 Å². The molecule has 0 spiro atoms. The number of aliphatic hydroxyl groups excluding tert-OH is 1. The summed E-state index contributed by atoms with van der Waals surface area (Å²) in [4.78, 5) is 0. The Morgan fingerprint density at radius 2 is 1.87 bits per heavy atom. The van der Waals surface area contributed by atoms with Crippen LogP contribution in [0.2, 0.25) is 0 Å². The molecule has 0 radical (unpaired) electrons. The van der Waals surface area contributed by atoms with Crippen LogP contribution in [0.25, 0.3) is 0 Å². The molecule has 0 saturated heterocycles. The van der Waals surface area contributed by atoms with Crippen LogP contribution in [0.4, 0.5) is 0 Å². The van der Waals surface area contributed by atoms with Crippen molar-refractivity contribution in [1.82, 2.24) is 0 Å². The summed E-state index contributed by atoms with van der Waals surface area (Å²) in [5, 5.41) is 10.5. The van der Waals surface area contributed by atoms with E-state index in [9.17, 15) is 5.11 Å². The summed E-state index contributed by atoms with van der Waals surface area (Å²) < 4.78 is 0. The molecule has 1 nitrogen and oxygen atoms in total. The monoisotopic (exact) mass is 412 g/mol. The molecule has 0 aromatic carbocycles. The van der Waals surface area contributed by atoms with Gasteiger partial charge in [-0.15, -0.1) is 5.73 Å². The number of hydrogen-bond acceptors (Lipinski definition) is 1. The first-order valence-electron chi connectivity index (χ1n) is 12.9. The van der Waals surface area contributed by atoms with Crippen LogP contribution in [0.1, 0.15) is 113 Å². The smallest absolute Gasteiger partial charge is 0.0758 e. The summed E-state index contributed by atoms with van der Waals surface area (Å²) in [5.41, 5.74) is 8.55. The number of aliphatic hydroxyl groups is 1. The van der Waals surface area contributed by atoms with E-state index in [1.165, 1.54) is 62.5 Å². The van der Waals surface area contributed by atoms with E-state index in [-0.39, 0.29) is 11.5 Å². The summed E-state index contributed by atoms with van der Waals surface area (Å²) in [6.45, 7) is 16.5. The molecule has 2 fully saturated rings. The van der Waals surface area contributed by atoms with Crippen LogP contribution in [0, 0.1) is 34.5 Å². The van der Waals surface area contributed by atoms with Gasteiger partial charge in [0.15, 0.2) is 0 Å². The Morgan fingerprint density at radius 3 is 2.57 bits per heavy atom. The summed E-state index contributed by atoms with van der Waals surface area (Å²) >= 11 is 0. The molecular formula is C29H48O. The minimum absolute atomic E-state index is 0.183. The molecule has 1 N–H and O–H groups in total. The highest BCUT2D eigenvalue weighted by molar-refractivity contribution is 5.32. The Morgan fingerprint density at radius 1 is 1.13 bits per heavy atom. The van der Waals surface area contributed by atoms with Gasteiger partial charge < -0.3 is 5.11 Å². The van der Waals surface area contributed by atoms with Gasteiger partial charge in [0, 0.05) is 0 Å². The summed E-state index contributed by atoms with van der Waals surface area (Å²) in [6.07, 6.45) is 14.8. The van der Waals surface area contributed by atoms with Crippen molar-refractivity contribution in [1.29, 1.82) is 0 Å². The normalized spacial score (nSPS) is 34.7. The van der Waals surface area contributed by atoms with Crippen molar-refractivity contribution in [2.45, 2.75) is 119 Å². The first-order chi connectivity index (χ1) is 14.0. The van der Waals surface area contributed by atoms with Crippen molar-refractivity contribution in [3.05, 3.63) is 28.5 Å². The van der Waals surface area contributed by atoms with Gasteiger partial charge in [-0.05, 0) is 109 Å². The molecule has 0 unspecified atom stereocenters. The summed E-state index contributed by atoms with van der Waals surface area (Å²) in [7, 11) is 0. The molecule has 0 aromatic heterocycles. The van der Waals surface area contributed by atoms with Gasteiger partial charge in [0.05, 0.1) is 6.10 Å². The quantitative estimate of drug-likeness (QED) is 0.435. The van der Waals surface area contributed by atoms with Crippen molar-refractivity contribution >= 4 is 0 Å². The summed E-state index contributed by atoms with van der Waals surface area (Å²) in [6, 6.07) is 0. The Labute approximate surface area is 187 Å². The van der Waals surface area contributed by atoms with Gasteiger partial charge in [0.25, 0.3) is 0 Å². The van der Waals surface area contributed by atoms with Gasteiger partial charge in [0.2, 0.25) is 0 Å². The predicted molar refractivity (Wildman–Crippen MR) is 129 cm³/mol. The molecule has 0 amide bonds. The molecular weight excluding hydrogens is 364 g/mol. The Kier molecular flexibility index (Phi) is 7.46. The minimum Gasteiger partial charge on any atom is -0.389 e. The second-order valence-corrected chi connectivity index (χ2v) is 12.5. The molecule has 2 saturated carbocycles. The van der Waals surface area contributed by atoms with E-state index in [2.05, 4.69) is 60.3 Å². The predicted octanol–water partition coefficient (Wildman–Crippen LogP) is 8.24. The maximum atomic E-state index is 10.5. The first-order valence-corrected chi connectivity index (χ1v) is 12.9. The third kappa shape index (κ3) is 5.16. The Bertz CT molecular complexity index is 702. The highest BCUT2D eigenvalue weighted by Gasteiger charge is 2.50. The SMILES string of the molecule is CC1=C(C=C=C2CCC[C@]3(C)[C@@H]([C@H](C)CCCC(C)C)CC[C@@H]23)CC(C)(C)C[C@H]1O. The third-order valence-electron chi connectivity index (χ3n) is 8.97. The number of allylic oxidation sites excluding steroid dienone is 2. The lowest BCUT2D eigenvalue weighted by Gasteiger charge is -2.44. The zero-order valence-electron chi connectivity index (χ0n) is 21.0. The standard InChI is InChI=1S/C29H48O/c1-20(2)10-8-11-21(3)25-15-16-26-23(12-9-17-29(25,26)7)13-14-24-18-28(5,6)19-27(30)22(24)4/h14,20-21,25-27,30H,8-12,15-19H2,1-7H3/t13?,21-,25-,26+,27-,29-/m1/s1. The van der Waals surface area contributed by atoms with Gasteiger partial charge in [-0.3, -0.25) is 0 Å². The van der Waals surface area contributed by atoms with E-state index in [0.717, 1.165) is 36.5 Å². The fourth-order valence-corrected chi connectivity index (χ4v) is 7.15. The van der Waals surface area contributed by atoms with Crippen LogP contribution in [-0.2, 0) is 0 Å². The molecule has 30 heavy (non-hydrogen) atoms. The van der Waals surface area contributed by atoms with Crippen LogP contribution in [0.5, 0.6) is 0 Å². The number of rotatable bonds is 6. The van der Waals surface area contributed by atoms with E-state index in [1.807, 2.05) is 0 Å².